The van der Waals surface area contributed by atoms with E-state index in [0.717, 1.165) is 55.3 Å². The largest absolute Gasteiger partial charge is 0.386 e. The van der Waals surface area contributed by atoms with Crippen molar-refractivity contribution in [2.75, 3.05) is 0 Å². The lowest BCUT2D eigenvalue weighted by atomic mass is 9.96. The average molecular weight is 450 g/mol. The molecule has 0 saturated heterocycles. The van der Waals surface area contributed by atoms with E-state index in [0.29, 0.717) is 5.65 Å². The average Bonchev–Trinajstić information content (AvgIpc) is 3.51. The molecule has 3 N–H and O–H groups in total. The van der Waals surface area contributed by atoms with Crippen molar-refractivity contribution in [3.05, 3.63) is 71.5 Å². The molecule has 2 aromatic carbocycles. The van der Waals surface area contributed by atoms with Gasteiger partial charge in [-0.2, -0.15) is 0 Å². The van der Waals surface area contributed by atoms with E-state index < -0.39 is 5.60 Å². The van der Waals surface area contributed by atoms with Crippen LogP contribution in [-0.2, 0) is 12.6 Å². The van der Waals surface area contributed by atoms with Gasteiger partial charge in [0.25, 0.3) is 0 Å². The molecule has 6 rings (SSSR count). The Kier molecular flexibility index (Phi) is 4.29. The number of nitrogens with one attached hydrogen (secondary N) is 2. The first-order valence-corrected chi connectivity index (χ1v) is 11.5. The molecular weight excluding hydrogens is 422 g/mol. The molecule has 6 nitrogen and oxygen atoms in total. The second-order valence-corrected chi connectivity index (χ2v) is 9.73. The molecule has 0 radical (unpaired) electrons. The zero-order valence-corrected chi connectivity index (χ0v) is 20.0. The van der Waals surface area contributed by atoms with Crippen LogP contribution in [0.4, 0.5) is 0 Å². The number of aryl methyl sites for hydroxylation is 2. The molecule has 0 saturated carbocycles. The van der Waals surface area contributed by atoms with Gasteiger partial charge in [-0.15, -0.1) is 0 Å². The molecule has 170 valence electrons. The van der Waals surface area contributed by atoms with Gasteiger partial charge in [0.2, 0.25) is 0 Å². The fourth-order valence-electron chi connectivity index (χ4n) is 4.89. The number of nitrogens with zero attached hydrogens (tertiary/aromatic N) is 3. The number of rotatable bonds is 3. The molecule has 0 aliphatic carbocycles. The molecule has 4 heterocycles. The monoisotopic (exact) mass is 449 g/mol. The quantitative estimate of drug-likeness (QED) is 0.305. The van der Waals surface area contributed by atoms with Gasteiger partial charge >= 0.3 is 0 Å². The number of aromatic amines is 2. The molecule has 6 aromatic rings. The smallest absolute Gasteiger partial charge is 0.162 e. The third-order valence-corrected chi connectivity index (χ3v) is 7.01. The topological polar surface area (TPSA) is 82.5 Å². The molecule has 0 atom stereocenters. The summed E-state index contributed by atoms with van der Waals surface area (Å²) in [6.07, 6.45) is 4.07. The number of pyridine rings is 1. The molecule has 0 spiro atoms. The lowest BCUT2D eigenvalue weighted by molar-refractivity contribution is 0.0787. The van der Waals surface area contributed by atoms with Crippen molar-refractivity contribution >= 4 is 32.8 Å². The standard InChI is InChI=1S/C28H27N5O/c1-15-7-6-8-18(16(15)2)25-21-13-29-32-26(21)20-12-23(30-27(20)31-25)22-14-33(5)24-10-9-17(11-19(22)24)28(3,4)34/h6-14,29,32,34H,1-5H3. The summed E-state index contributed by atoms with van der Waals surface area (Å²) in [5.74, 6) is 0. The van der Waals surface area contributed by atoms with Crippen LogP contribution in [-0.4, -0.2) is 29.8 Å². The van der Waals surface area contributed by atoms with Crippen molar-refractivity contribution in [1.82, 2.24) is 24.7 Å². The zero-order valence-electron chi connectivity index (χ0n) is 20.0. The Hall–Kier alpha value is -3.90. The molecule has 0 aliphatic rings. The number of hydrogen-bond acceptors (Lipinski definition) is 3. The second kappa shape index (κ2) is 7.05. The summed E-state index contributed by atoms with van der Waals surface area (Å²) in [5, 5.41) is 20.1. The van der Waals surface area contributed by atoms with Crippen LogP contribution >= 0.6 is 0 Å². The van der Waals surface area contributed by atoms with Crippen LogP contribution in [0.2, 0.25) is 0 Å². The summed E-state index contributed by atoms with van der Waals surface area (Å²) in [4.78, 5) is 10.0. The van der Waals surface area contributed by atoms with E-state index in [1.807, 2.05) is 33.2 Å². The maximum absolute atomic E-state index is 10.6. The van der Waals surface area contributed by atoms with E-state index in [1.54, 1.807) is 0 Å². The molecule has 34 heavy (non-hydrogen) atoms. The van der Waals surface area contributed by atoms with Gasteiger partial charge in [0.1, 0.15) is 0 Å². The Morgan fingerprint density at radius 1 is 0.941 bits per heavy atom. The minimum atomic E-state index is -0.917. The molecule has 0 bridgehead atoms. The van der Waals surface area contributed by atoms with Gasteiger partial charge in [-0.3, -0.25) is 5.10 Å². The van der Waals surface area contributed by atoms with Gasteiger partial charge in [0.05, 0.1) is 22.5 Å². The van der Waals surface area contributed by atoms with E-state index in [4.69, 9.17) is 9.97 Å². The first-order valence-electron chi connectivity index (χ1n) is 11.5. The fourth-order valence-corrected chi connectivity index (χ4v) is 4.89. The summed E-state index contributed by atoms with van der Waals surface area (Å²) in [7, 11) is 2.03. The predicted octanol–water partition coefficient (Wildman–Crippen LogP) is 6.11. The normalized spacial score (nSPS) is 12.4. The second-order valence-electron chi connectivity index (χ2n) is 9.73. The van der Waals surface area contributed by atoms with Crippen molar-refractivity contribution in [2.24, 2.45) is 7.05 Å². The third-order valence-electron chi connectivity index (χ3n) is 7.01. The van der Waals surface area contributed by atoms with E-state index in [9.17, 15) is 5.11 Å². The molecule has 0 fully saturated rings. The van der Waals surface area contributed by atoms with Gasteiger partial charge < -0.3 is 14.8 Å². The molecule has 6 heteroatoms. The SMILES string of the molecule is Cc1cccc(-c2nc3nc(-c4cn(C)c5ccc(C(C)(C)O)cc45)cc3c3[nH][nH]cc23)c1C. The minimum absolute atomic E-state index is 0.713. The Labute approximate surface area is 197 Å². The van der Waals surface area contributed by atoms with Crippen LogP contribution in [0.3, 0.4) is 0 Å². The number of benzene rings is 2. The maximum Gasteiger partial charge on any atom is 0.162 e. The zero-order chi connectivity index (χ0) is 23.8. The van der Waals surface area contributed by atoms with Gasteiger partial charge in [-0.1, -0.05) is 24.3 Å². The minimum Gasteiger partial charge on any atom is -0.386 e. The van der Waals surface area contributed by atoms with E-state index in [-0.39, 0.29) is 0 Å². The molecule has 0 unspecified atom stereocenters. The Bertz CT molecular complexity index is 1730. The van der Waals surface area contributed by atoms with E-state index in [2.05, 4.69) is 71.2 Å². The third kappa shape index (κ3) is 2.99. The van der Waals surface area contributed by atoms with Crippen LogP contribution in [0.15, 0.2) is 54.9 Å². The number of H-pyrrole nitrogens is 2. The van der Waals surface area contributed by atoms with Crippen molar-refractivity contribution in [3.63, 3.8) is 0 Å². The highest BCUT2D eigenvalue weighted by atomic mass is 16.3. The lowest BCUT2D eigenvalue weighted by Gasteiger charge is -2.17. The van der Waals surface area contributed by atoms with Crippen molar-refractivity contribution in [2.45, 2.75) is 33.3 Å². The number of aromatic nitrogens is 5. The van der Waals surface area contributed by atoms with Crippen molar-refractivity contribution in [1.29, 1.82) is 0 Å². The van der Waals surface area contributed by atoms with Crippen molar-refractivity contribution in [3.8, 4) is 22.5 Å². The summed E-state index contributed by atoms with van der Waals surface area (Å²) >= 11 is 0. The highest BCUT2D eigenvalue weighted by Crippen LogP contribution is 2.38. The van der Waals surface area contributed by atoms with Crippen LogP contribution in [0.25, 0.3) is 55.4 Å². The first kappa shape index (κ1) is 20.7. The Morgan fingerprint density at radius 2 is 1.76 bits per heavy atom. The fraction of sp³-hybridized carbons (Fsp3) is 0.214. The maximum atomic E-state index is 10.6. The number of hydrogen-bond donors (Lipinski definition) is 3. The van der Waals surface area contributed by atoms with Crippen LogP contribution in [0, 0.1) is 13.8 Å². The molecule has 0 aliphatic heterocycles. The number of aliphatic hydroxyl groups is 1. The van der Waals surface area contributed by atoms with Gasteiger partial charge in [-0.05, 0) is 62.6 Å². The van der Waals surface area contributed by atoms with E-state index in [1.165, 1.54) is 11.1 Å². The predicted molar refractivity (Wildman–Crippen MR) is 138 cm³/mol. The number of fused-ring (bicyclic) bond motifs is 4. The van der Waals surface area contributed by atoms with Crippen LogP contribution < -0.4 is 0 Å². The van der Waals surface area contributed by atoms with Crippen LogP contribution in [0.5, 0.6) is 0 Å². The molecule has 0 amide bonds. The summed E-state index contributed by atoms with van der Waals surface area (Å²) in [5.41, 5.74) is 9.16. The summed E-state index contributed by atoms with van der Waals surface area (Å²) in [6.45, 7) is 7.88. The molecular formula is C28H27N5O. The Balaban J connectivity index is 1.61. The van der Waals surface area contributed by atoms with Crippen molar-refractivity contribution < 1.29 is 5.11 Å². The van der Waals surface area contributed by atoms with E-state index >= 15 is 0 Å². The highest BCUT2D eigenvalue weighted by molar-refractivity contribution is 6.10. The Morgan fingerprint density at radius 3 is 2.56 bits per heavy atom. The first-order chi connectivity index (χ1) is 16.2. The molecule has 4 aromatic heterocycles. The van der Waals surface area contributed by atoms with Gasteiger partial charge in [0, 0.05) is 52.2 Å². The summed E-state index contributed by atoms with van der Waals surface area (Å²) < 4.78 is 2.10. The van der Waals surface area contributed by atoms with Gasteiger partial charge in [-0.25, -0.2) is 9.97 Å². The highest BCUT2D eigenvalue weighted by Gasteiger charge is 2.21. The lowest BCUT2D eigenvalue weighted by Crippen LogP contribution is -2.15. The summed E-state index contributed by atoms with van der Waals surface area (Å²) in [6, 6.07) is 14.5. The van der Waals surface area contributed by atoms with Crippen LogP contribution in [0.1, 0.15) is 30.5 Å². The van der Waals surface area contributed by atoms with Gasteiger partial charge in [0.15, 0.2) is 5.65 Å².